The summed E-state index contributed by atoms with van der Waals surface area (Å²) in [6.07, 6.45) is 5.81. The van der Waals surface area contributed by atoms with E-state index in [9.17, 15) is 0 Å². The van der Waals surface area contributed by atoms with Crippen LogP contribution in [0.5, 0.6) is 0 Å². The summed E-state index contributed by atoms with van der Waals surface area (Å²) in [6.45, 7) is 0. The van der Waals surface area contributed by atoms with Gasteiger partial charge in [0.2, 0.25) is 0 Å². The number of pyridine rings is 1. The number of likely N-dealkylation sites (N-methyl/N-ethyl adjacent to an activating group) is 1. The van der Waals surface area contributed by atoms with Crippen molar-refractivity contribution in [3.8, 4) is 0 Å². The van der Waals surface area contributed by atoms with Gasteiger partial charge in [-0.05, 0) is 49.9 Å². The van der Waals surface area contributed by atoms with Crippen molar-refractivity contribution < 1.29 is 0 Å². The third kappa shape index (κ3) is 2.18. The van der Waals surface area contributed by atoms with E-state index < -0.39 is 0 Å². The Kier molecular flexibility index (Phi) is 2.81. The zero-order chi connectivity index (χ0) is 11.7. The van der Waals surface area contributed by atoms with E-state index in [4.69, 9.17) is 0 Å². The van der Waals surface area contributed by atoms with Crippen LogP contribution in [0.1, 0.15) is 18.4 Å². The van der Waals surface area contributed by atoms with Gasteiger partial charge in [-0.2, -0.15) is 0 Å². The normalized spacial score (nSPS) is 17.2. The molecule has 2 nitrogen and oxygen atoms in total. The van der Waals surface area contributed by atoms with Crippen molar-refractivity contribution in [3.05, 3.63) is 42.1 Å². The van der Waals surface area contributed by atoms with Crippen LogP contribution < -0.4 is 5.32 Å². The molecule has 1 aromatic heterocycles. The molecule has 0 amide bonds. The number of nitrogens with one attached hydrogen (secondary N) is 1. The van der Waals surface area contributed by atoms with E-state index in [1.54, 1.807) is 0 Å². The third-order valence-corrected chi connectivity index (χ3v) is 3.74. The second-order valence-corrected chi connectivity index (χ2v) is 4.92. The van der Waals surface area contributed by atoms with Gasteiger partial charge >= 0.3 is 0 Å². The van der Waals surface area contributed by atoms with Gasteiger partial charge in [0.05, 0.1) is 5.52 Å². The molecule has 1 heterocycles. The van der Waals surface area contributed by atoms with E-state index in [0.29, 0.717) is 6.04 Å². The fourth-order valence-electron chi connectivity index (χ4n) is 2.57. The minimum Gasteiger partial charge on any atom is -0.316 e. The smallest absolute Gasteiger partial charge is 0.0704 e. The number of hydrogen-bond donors (Lipinski definition) is 1. The van der Waals surface area contributed by atoms with Gasteiger partial charge in [-0.1, -0.05) is 18.2 Å². The molecule has 17 heavy (non-hydrogen) atoms. The lowest BCUT2D eigenvalue weighted by Gasteiger charge is -2.16. The number of fused-ring (bicyclic) bond motifs is 1. The molecular formula is C15H18N2. The molecule has 0 bridgehead atoms. The maximum absolute atomic E-state index is 4.42. The maximum atomic E-state index is 4.42. The SMILES string of the molecule is CNC(Cc1ccnc2ccccc12)C1CC1. The van der Waals surface area contributed by atoms with Gasteiger partial charge < -0.3 is 5.32 Å². The van der Waals surface area contributed by atoms with Crippen molar-refractivity contribution >= 4 is 10.9 Å². The quantitative estimate of drug-likeness (QED) is 0.867. The average Bonchev–Trinajstić information content (AvgIpc) is 3.20. The van der Waals surface area contributed by atoms with Crippen LogP contribution in [-0.4, -0.2) is 18.1 Å². The Morgan fingerprint density at radius 2 is 2.12 bits per heavy atom. The summed E-state index contributed by atoms with van der Waals surface area (Å²) in [4.78, 5) is 4.42. The summed E-state index contributed by atoms with van der Waals surface area (Å²) in [7, 11) is 2.08. The maximum Gasteiger partial charge on any atom is 0.0704 e. The summed E-state index contributed by atoms with van der Waals surface area (Å²) >= 11 is 0. The van der Waals surface area contributed by atoms with E-state index in [-0.39, 0.29) is 0 Å². The van der Waals surface area contributed by atoms with Crippen LogP contribution in [0.4, 0.5) is 0 Å². The van der Waals surface area contributed by atoms with Crippen LogP contribution in [-0.2, 0) is 6.42 Å². The van der Waals surface area contributed by atoms with Gasteiger partial charge in [0, 0.05) is 17.6 Å². The standard InChI is InChI=1S/C15H18N2/c1-16-15(11-6-7-11)10-12-8-9-17-14-5-3-2-4-13(12)14/h2-5,8-9,11,15-16H,6-7,10H2,1H3. The first-order chi connectivity index (χ1) is 8.38. The Morgan fingerprint density at radius 3 is 2.88 bits per heavy atom. The van der Waals surface area contributed by atoms with Crippen molar-refractivity contribution in [2.45, 2.75) is 25.3 Å². The molecule has 0 spiro atoms. The number of para-hydroxylation sites is 1. The number of aromatic nitrogens is 1. The minimum atomic E-state index is 0.626. The Bertz CT molecular complexity index is 512. The zero-order valence-corrected chi connectivity index (χ0v) is 10.2. The molecule has 88 valence electrons. The van der Waals surface area contributed by atoms with Crippen LogP contribution >= 0.6 is 0 Å². The highest BCUT2D eigenvalue weighted by Crippen LogP contribution is 2.34. The van der Waals surface area contributed by atoms with Crippen molar-refractivity contribution in [3.63, 3.8) is 0 Å². The molecule has 1 aliphatic carbocycles. The molecule has 1 unspecified atom stereocenters. The molecular weight excluding hydrogens is 208 g/mol. The summed E-state index contributed by atoms with van der Waals surface area (Å²) in [5.74, 6) is 0.881. The fourth-order valence-corrected chi connectivity index (χ4v) is 2.57. The van der Waals surface area contributed by atoms with Gasteiger partial charge in [0.1, 0.15) is 0 Å². The summed E-state index contributed by atoms with van der Waals surface area (Å²) in [5.41, 5.74) is 2.53. The van der Waals surface area contributed by atoms with E-state index in [1.807, 2.05) is 6.20 Å². The molecule has 2 aromatic rings. The lowest BCUT2D eigenvalue weighted by atomic mass is 9.99. The van der Waals surface area contributed by atoms with E-state index in [1.165, 1.54) is 23.8 Å². The lowest BCUT2D eigenvalue weighted by Crippen LogP contribution is -2.29. The molecule has 1 aliphatic rings. The number of rotatable bonds is 4. The Balaban J connectivity index is 1.93. The molecule has 0 aliphatic heterocycles. The molecule has 0 saturated heterocycles. The summed E-state index contributed by atoms with van der Waals surface area (Å²) in [6, 6.07) is 11.2. The molecule has 1 atom stereocenters. The number of hydrogen-bond acceptors (Lipinski definition) is 2. The first kappa shape index (κ1) is 10.7. The first-order valence-corrected chi connectivity index (χ1v) is 6.38. The van der Waals surface area contributed by atoms with Crippen molar-refractivity contribution in [1.29, 1.82) is 0 Å². The second kappa shape index (κ2) is 4.46. The molecule has 2 heteroatoms. The minimum absolute atomic E-state index is 0.626. The van der Waals surface area contributed by atoms with Gasteiger partial charge in [-0.3, -0.25) is 4.98 Å². The topological polar surface area (TPSA) is 24.9 Å². The fraction of sp³-hybridized carbons (Fsp3) is 0.400. The summed E-state index contributed by atoms with van der Waals surface area (Å²) < 4.78 is 0. The van der Waals surface area contributed by atoms with Gasteiger partial charge in [-0.15, -0.1) is 0 Å². The molecule has 0 radical (unpaired) electrons. The molecule has 1 aromatic carbocycles. The highest BCUT2D eigenvalue weighted by atomic mass is 14.9. The van der Waals surface area contributed by atoms with Crippen molar-refractivity contribution in [2.75, 3.05) is 7.05 Å². The Labute approximate surface area is 102 Å². The van der Waals surface area contributed by atoms with Crippen LogP contribution in [0.2, 0.25) is 0 Å². The van der Waals surface area contributed by atoms with E-state index in [0.717, 1.165) is 17.9 Å². The highest BCUT2D eigenvalue weighted by molar-refractivity contribution is 5.81. The Morgan fingerprint density at radius 1 is 1.29 bits per heavy atom. The number of benzene rings is 1. The zero-order valence-electron chi connectivity index (χ0n) is 10.2. The molecule has 3 rings (SSSR count). The van der Waals surface area contributed by atoms with Crippen LogP contribution in [0, 0.1) is 5.92 Å². The van der Waals surface area contributed by atoms with Crippen LogP contribution in [0.25, 0.3) is 10.9 Å². The predicted octanol–water partition coefficient (Wildman–Crippen LogP) is 2.78. The first-order valence-electron chi connectivity index (χ1n) is 6.38. The average molecular weight is 226 g/mol. The number of nitrogens with zero attached hydrogens (tertiary/aromatic N) is 1. The van der Waals surface area contributed by atoms with Crippen molar-refractivity contribution in [2.24, 2.45) is 5.92 Å². The largest absolute Gasteiger partial charge is 0.316 e. The highest BCUT2D eigenvalue weighted by Gasteiger charge is 2.30. The van der Waals surface area contributed by atoms with Crippen LogP contribution in [0.15, 0.2) is 36.5 Å². The molecule has 1 N–H and O–H groups in total. The van der Waals surface area contributed by atoms with Crippen molar-refractivity contribution in [1.82, 2.24) is 10.3 Å². The van der Waals surface area contributed by atoms with Gasteiger partial charge in [0.25, 0.3) is 0 Å². The van der Waals surface area contributed by atoms with Gasteiger partial charge in [0.15, 0.2) is 0 Å². The van der Waals surface area contributed by atoms with E-state index >= 15 is 0 Å². The molecule has 1 saturated carbocycles. The van der Waals surface area contributed by atoms with E-state index in [2.05, 4.69) is 47.7 Å². The monoisotopic (exact) mass is 226 g/mol. The van der Waals surface area contributed by atoms with Crippen LogP contribution in [0.3, 0.4) is 0 Å². The predicted molar refractivity (Wildman–Crippen MR) is 71.0 cm³/mol. The lowest BCUT2D eigenvalue weighted by molar-refractivity contribution is 0.501. The van der Waals surface area contributed by atoms with Gasteiger partial charge in [-0.25, -0.2) is 0 Å². The third-order valence-electron chi connectivity index (χ3n) is 3.74. The summed E-state index contributed by atoms with van der Waals surface area (Å²) in [5, 5.41) is 4.76. The Hall–Kier alpha value is -1.41. The molecule has 1 fully saturated rings. The second-order valence-electron chi connectivity index (χ2n) is 4.92.